The van der Waals surface area contributed by atoms with E-state index in [1.807, 2.05) is 24.3 Å². The summed E-state index contributed by atoms with van der Waals surface area (Å²) in [5, 5.41) is 0.438. The average Bonchev–Trinajstić information content (AvgIpc) is 2.52. The normalized spacial score (nSPS) is 10.8. The second-order valence-corrected chi connectivity index (χ2v) is 4.67. The lowest BCUT2D eigenvalue weighted by Crippen LogP contribution is -2.32. The van der Waals surface area contributed by atoms with Gasteiger partial charge in [-0.05, 0) is 23.8 Å². The highest BCUT2D eigenvalue weighted by molar-refractivity contribution is 5.90. The second-order valence-electron chi connectivity index (χ2n) is 4.67. The van der Waals surface area contributed by atoms with Crippen LogP contribution in [0.2, 0.25) is 0 Å². The lowest BCUT2D eigenvalue weighted by atomic mass is 10.0. The molecule has 2 aromatic heterocycles. The zero-order valence-electron chi connectivity index (χ0n) is 11.6. The summed E-state index contributed by atoms with van der Waals surface area (Å²) in [5.41, 5.74) is 1.19. The molecule has 6 heteroatoms. The van der Waals surface area contributed by atoms with Crippen molar-refractivity contribution in [2.24, 2.45) is 7.05 Å². The first kappa shape index (κ1) is 13.1. The Hall–Kier alpha value is -2.89. The van der Waals surface area contributed by atoms with Crippen LogP contribution in [-0.4, -0.2) is 16.7 Å². The summed E-state index contributed by atoms with van der Waals surface area (Å²) < 4.78 is 6.59. The van der Waals surface area contributed by atoms with Crippen molar-refractivity contribution in [1.82, 2.24) is 9.55 Å². The number of methoxy groups -OCH3 is 1. The third-order valence-electron chi connectivity index (χ3n) is 3.44. The number of pyridine rings is 1. The van der Waals surface area contributed by atoms with Crippen LogP contribution in [0.15, 0.2) is 46.1 Å². The van der Waals surface area contributed by atoms with E-state index in [1.165, 1.54) is 4.57 Å². The number of hydrogen-bond donors (Lipinski definition) is 1. The maximum atomic E-state index is 12.2. The quantitative estimate of drug-likeness (QED) is 0.753. The van der Waals surface area contributed by atoms with Gasteiger partial charge in [0.15, 0.2) is 0 Å². The minimum atomic E-state index is -0.452. The third kappa shape index (κ3) is 2.10. The molecule has 0 aliphatic carbocycles. The van der Waals surface area contributed by atoms with E-state index in [0.29, 0.717) is 16.8 Å². The number of benzene rings is 1. The maximum absolute atomic E-state index is 12.2. The van der Waals surface area contributed by atoms with Gasteiger partial charge in [0, 0.05) is 5.56 Å². The fourth-order valence-corrected chi connectivity index (χ4v) is 2.36. The maximum Gasteiger partial charge on any atom is 0.415 e. The number of H-pyrrole nitrogens is 2. The summed E-state index contributed by atoms with van der Waals surface area (Å²) in [5.74, 6) is 0.703. The van der Waals surface area contributed by atoms with Crippen LogP contribution in [0.1, 0.15) is 0 Å². The molecule has 6 nitrogen and oxygen atoms in total. The van der Waals surface area contributed by atoms with Gasteiger partial charge in [-0.1, -0.05) is 12.1 Å². The van der Waals surface area contributed by atoms with Gasteiger partial charge in [-0.2, -0.15) is 4.57 Å². The standard InChI is InChI=1S/C15H13N3O3/c1-18-13-12(14(19)17-15(18)20)11(6-7-16-13)9-4-3-5-10(8-9)21-2/h3-8H,1-2H3,(H,17,19,20)/p+1. The molecule has 0 radical (unpaired) electrons. The number of nitrogens with zero attached hydrogens (tertiary/aromatic N) is 1. The van der Waals surface area contributed by atoms with Gasteiger partial charge >= 0.3 is 5.69 Å². The van der Waals surface area contributed by atoms with Gasteiger partial charge in [-0.15, -0.1) is 0 Å². The van der Waals surface area contributed by atoms with Crippen molar-refractivity contribution in [3.05, 3.63) is 57.4 Å². The van der Waals surface area contributed by atoms with Crippen molar-refractivity contribution < 1.29 is 9.72 Å². The Morgan fingerprint density at radius 2 is 2.05 bits per heavy atom. The Balaban J connectivity index is 2.41. The first-order chi connectivity index (χ1) is 10.1. The Bertz CT molecular complexity index is 941. The van der Waals surface area contributed by atoms with E-state index in [1.54, 1.807) is 26.4 Å². The van der Waals surface area contributed by atoms with Crippen LogP contribution < -0.4 is 21.0 Å². The molecule has 0 unspecified atom stereocenters. The molecule has 0 aliphatic rings. The van der Waals surface area contributed by atoms with E-state index in [9.17, 15) is 9.59 Å². The fraction of sp³-hybridized carbons (Fsp3) is 0.133. The molecule has 0 atom stereocenters. The zero-order valence-corrected chi connectivity index (χ0v) is 11.6. The number of aromatic nitrogens is 3. The van der Waals surface area contributed by atoms with E-state index in [2.05, 4.69) is 9.97 Å². The third-order valence-corrected chi connectivity index (χ3v) is 3.44. The van der Waals surface area contributed by atoms with Crippen molar-refractivity contribution in [3.8, 4) is 16.9 Å². The Morgan fingerprint density at radius 3 is 2.81 bits per heavy atom. The number of hydrogen-bond acceptors (Lipinski definition) is 3. The number of rotatable bonds is 2. The first-order valence-corrected chi connectivity index (χ1v) is 6.40. The number of aromatic amines is 2. The first-order valence-electron chi connectivity index (χ1n) is 6.40. The molecule has 0 saturated heterocycles. The summed E-state index contributed by atoms with van der Waals surface area (Å²) >= 11 is 0. The molecule has 0 spiro atoms. The molecule has 21 heavy (non-hydrogen) atoms. The van der Waals surface area contributed by atoms with Crippen LogP contribution in [0.4, 0.5) is 0 Å². The highest BCUT2D eigenvalue weighted by atomic mass is 16.5. The molecule has 2 N–H and O–H groups in total. The lowest BCUT2D eigenvalue weighted by Gasteiger charge is -2.06. The minimum absolute atomic E-state index is 0.414. The number of aryl methyl sites for hydroxylation is 1. The van der Waals surface area contributed by atoms with Crippen LogP contribution >= 0.6 is 0 Å². The van der Waals surface area contributed by atoms with Crippen LogP contribution in [-0.2, 0) is 7.05 Å². The van der Waals surface area contributed by atoms with Crippen molar-refractivity contribution in [2.75, 3.05) is 7.11 Å². The topological polar surface area (TPSA) is 78.2 Å². The van der Waals surface area contributed by atoms with E-state index in [4.69, 9.17) is 4.74 Å². The van der Waals surface area contributed by atoms with Crippen molar-refractivity contribution >= 4 is 11.0 Å². The largest absolute Gasteiger partial charge is 0.497 e. The van der Waals surface area contributed by atoms with Gasteiger partial charge in [0.05, 0.1) is 20.4 Å². The van der Waals surface area contributed by atoms with Crippen molar-refractivity contribution in [3.63, 3.8) is 0 Å². The molecule has 106 valence electrons. The van der Waals surface area contributed by atoms with E-state index in [-0.39, 0.29) is 0 Å². The summed E-state index contributed by atoms with van der Waals surface area (Å²) in [4.78, 5) is 29.1. The zero-order chi connectivity index (χ0) is 15.0. The Labute approximate surface area is 119 Å². The van der Waals surface area contributed by atoms with E-state index >= 15 is 0 Å². The van der Waals surface area contributed by atoms with Gasteiger partial charge in [0.25, 0.3) is 11.2 Å². The molecule has 0 fully saturated rings. The van der Waals surface area contributed by atoms with Gasteiger partial charge in [0.2, 0.25) is 0 Å². The Morgan fingerprint density at radius 1 is 1.24 bits per heavy atom. The van der Waals surface area contributed by atoms with Crippen LogP contribution in [0.5, 0.6) is 5.75 Å². The van der Waals surface area contributed by atoms with Gasteiger partial charge in [-0.25, -0.2) is 9.78 Å². The SMILES string of the molecule is COc1cccc(-c2cc[nH+]c3c2c(=O)[nH]c(=O)n3C)c1. The molecule has 0 aliphatic heterocycles. The number of ether oxygens (including phenoxy) is 1. The van der Waals surface area contributed by atoms with Crippen molar-refractivity contribution in [1.29, 1.82) is 0 Å². The summed E-state index contributed by atoms with van der Waals surface area (Å²) in [6.45, 7) is 0. The van der Waals surface area contributed by atoms with Gasteiger partial charge in [0.1, 0.15) is 11.1 Å². The number of nitrogens with one attached hydrogen (secondary N) is 2. The smallest absolute Gasteiger partial charge is 0.415 e. The summed E-state index contributed by atoms with van der Waals surface area (Å²) in [6.07, 6.45) is 1.70. The predicted molar refractivity (Wildman–Crippen MR) is 78.4 cm³/mol. The van der Waals surface area contributed by atoms with Gasteiger partial charge < -0.3 is 4.74 Å². The molecule has 0 bridgehead atoms. The average molecular weight is 284 g/mol. The van der Waals surface area contributed by atoms with Crippen LogP contribution in [0.3, 0.4) is 0 Å². The molecule has 3 aromatic rings. The molecular weight excluding hydrogens is 270 g/mol. The van der Waals surface area contributed by atoms with Crippen LogP contribution in [0, 0.1) is 0 Å². The summed E-state index contributed by atoms with van der Waals surface area (Å²) in [6, 6.07) is 9.23. The molecular formula is C15H14N3O3+. The predicted octanol–water partition coefficient (Wildman–Crippen LogP) is 0.716. The van der Waals surface area contributed by atoms with E-state index < -0.39 is 11.2 Å². The molecule has 3 rings (SSSR count). The second kappa shape index (κ2) is 4.90. The lowest BCUT2D eigenvalue weighted by molar-refractivity contribution is -0.349. The molecule has 0 amide bonds. The molecule has 0 saturated carbocycles. The highest BCUT2D eigenvalue weighted by Crippen LogP contribution is 2.26. The highest BCUT2D eigenvalue weighted by Gasteiger charge is 2.16. The molecule has 1 aromatic carbocycles. The number of fused-ring (bicyclic) bond motifs is 1. The Kier molecular flexibility index (Phi) is 3.06. The van der Waals surface area contributed by atoms with Crippen LogP contribution in [0.25, 0.3) is 22.2 Å². The van der Waals surface area contributed by atoms with Crippen molar-refractivity contribution in [2.45, 2.75) is 0 Å². The minimum Gasteiger partial charge on any atom is -0.497 e. The summed E-state index contributed by atoms with van der Waals surface area (Å²) in [7, 11) is 3.19. The monoisotopic (exact) mass is 284 g/mol. The fourth-order valence-electron chi connectivity index (χ4n) is 2.36. The molecule has 2 heterocycles. The van der Waals surface area contributed by atoms with E-state index in [0.717, 1.165) is 11.1 Å². The van der Waals surface area contributed by atoms with Gasteiger partial charge in [-0.3, -0.25) is 9.78 Å².